The third-order valence-electron chi connectivity index (χ3n) is 7.24. The normalized spacial score (nSPS) is 31.1. The van der Waals surface area contributed by atoms with Crippen LogP contribution in [0.3, 0.4) is 0 Å². The quantitative estimate of drug-likeness (QED) is 0.794. The summed E-state index contributed by atoms with van der Waals surface area (Å²) in [7, 11) is 0. The van der Waals surface area contributed by atoms with Gasteiger partial charge in [0.1, 0.15) is 0 Å². The third kappa shape index (κ3) is 2.97. The number of aromatic nitrogens is 1. The van der Waals surface area contributed by atoms with E-state index in [2.05, 4.69) is 23.5 Å². The number of benzene rings is 1. The number of nitrogens with one attached hydrogen (secondary N) is 1. The summed E-state index contributed by atoms with van der Waals surface area (Å²) in [5.41, 5.74) is 5.26. The van der Waals surface area contributed by atoms with E-state index < -0.39 is 0 Å². The zero-order chi connectivity index (χ0) is 18.6. The zero-order valence-electron chi connectivity index (χ0n) is 16.3. The van der Waals surface area contributed by atoms with Gasteiger partial charge in [0.2, 0.25) is 0 Å². The predicted octanol–water partition coefficient (Wildman–Crippen LogP) is 5.42. The topological polar surface area (TPSA) is 42.0 Å². The highest BCUT2D eigenvalue weighted by Crippen LogP contribution is 2.60. The molecule has 6 rings (SSSR count). The first-order valence-electron chi connectivity index (χ1n) is 10.4. The summed E-state index contributed by atoms with van der Waals surface area (Å²) < 4.78 is 0. The van der Waals surface area contributed by atoms with Gasteiger partial charge in [-0.2, -0.15) is 0 Å². The maximum absolute atomic E-state index is 12.9. The van der Waals surface area contributed by atoms with Gasteiger partial charge in [-0.1, -0.05) is 12.1 Å². The number of amides is 1. The molecule has 4 bridgehead atoms. The van der Waals surface area contributed by atoms with Crippen molar-refractivity contribution in [2.45, 2.75) is 57.8 Å². The molecule has 1 heterocycles. The average molecular weight is 361 g/mol. The van der Waals surface area contributed by atoms with Crippen molar-refractivity contribution < 1.29 is 4.79 Å². The molecule has 4 aliphatic rings. The Balaban J connectivity index is 1.42. The van der Waals surface area contributed by atoms with E-state index in [0.717, 1.165) is 45.8 Å². The van der Waals surface area contributed by atoms with Crippen molar-refractivity contribution in [1.82, 2.24) is 4.98 Å². The molecule has 0 spiro atoms. The predicted molar refractivity (Wildman–Crippen MR) is 108 cm³/mol. The molecule has 1 aromatic heterocycles. The molecule has 2 aromatic rings. The number of pyridine rings is 1. The van der Waals surface area contributed by atoms with Crippen molar-refractivity contribution in [3.8, 4) is 0 Å². The molecule has 0 atom stereocenters. The summed E-state index contributed by atoms with van der Waals surface area (Å²) in [5.74, 6) is 2.61. The Morgan fingerprint density at radius 2 is 1.67 bits per heavy atom. The Morgan fingerprint density at radius 3 is 2.33 bits per heavy atom. The highest BCUT2D eigenvalue weighted by Gasteiger charge is 2.52. The zero-order valence-corrected chi connectivity index (χ0v) is 16.3. The van der Waals surface area contributed by atoms with Crippen molar-refractivity contribution in [1.29, 1.82) is 0 Å². The molecule has 0 aliphatic heterocycles. The van der Waals surface area contributed by atoms with Crippen LogP contribution < -0.4 is 5.32 Å². The van der Waals surface area contributed by atoms with E-state index in [0.29, 0.717) is 0 Å². The molecule has 0 saturated heterocycles. The minimum atomic E-state index is -0.0305. The van der Waals surface area contributed by atoms with Crippen LogP contribution in [0.4, 0.5) is 5.69 Å². The van der Waals surface area contributed by atoms with Crippen LogP contribution in [0.25, 0.3) is 0 Å². The van der Waals surface area contributed by atoms with Crippen LogP contribution in [0.15, 0.2) is 36.5 Å². The van der Waals surface area contributed by atoms with E-state index in [1.54, 1.807) is 0 Å². The van der Waals surface area contributed by atoms with Crippen LogP contribution in [-0.2, 0) is 5.41 Å². The molecule has 1 N–H and O–H groups in total. The number of rotatable bonds is 3. The number of anilines is 1. The van der Waals surface area contributed by atoms with Gasteiger partial charge in [0.25, 0.3) is 5.91 Å². The molecule has 4 saturated carbocycles. The van der Waals surface area contributed by atoms with Crippen molar-refractivity contribution in [2.75, 3.05) is 5.32 Å². The van der Waals surface area contributed by atoms with E-state index >= 15 is 0 Å². The van der Waals surface area contributed by atoms with Gasteiger partial charge in [0.15, 0.2) is 0 Å². The van der Waals surface area contributed by atoms with Crippen molar-refractivity contribution >= 4 is 11.6 Å². The molecule has 3 heteroatoms. The van der Waals surface area contributed by atoms with Gasteiger partial charge in [0.05, 0.1) is 0 Å². The molecule has 1 amide bonds. The highest BCUT2D eigenvalue weighted by molar-refractivity contribution is 6.04. The molecule has 0 unspecified atom stereocenters. The number of hydrogen-bond acceptors (Lipinski definition) is 2. The minimum absolute atomic E-state index is 0.0305. The molecular weight excluding hydrogens is 332 g/mol. The fourth-order valence-electron chi connectivity index (χ4n) is 6.35. The van der Waals surface area contributed by atoms with E-state index in [9.17, 15) is 4.79 Å². The Kier molecular flexibility index (Phi) is 3.89. The lowest BCUT2D eigenvalue weighted by Gasteiger charge is -2.56. The van der Waals surface area contributed by atoms with E-state index in [4.69, 9.17) is 4.98 Å². The Labute approximate surface area is 161 Å². The van der Waals surface area contributed by atoms with Crippen molar-refractivity contribution in [3.05, 3.63) is 58.9 Å². The monoisotopic (exact) mass is 360 g/mol. The van der Waals surface area contributed by atoms with Crippen LogP contribution in [0.5, 0.6) is 0 Å². The molecular formula is C24H28N2O. The molecule has 4 fully saturated rings. The van der Waals surface area contributed by atoms with Crippen molar-refractivity contribution in [2.24, 2.45) is 17.8 Å². The summed E-state index contributed by atoms with van der Waals surface area (Å²) in [6, 6.07) is 10.1. The molecule has 140 valence electrons. The second kappa shape index (κ2) is 6.19. The summed E-state index contributed by atoms with van der Waals surface area (Å²) in [6.07, 6.45) is 9.92. The van der Waals surface area contributed by atoms with Crippen LogP contribution in [-0.4, -0.2) is 10.9 Å². The molecule has 0 radical (unpaired) electrons. The van der Waals surface area contributed by atoms with Gasteiger partial charge in [-0.05, 0) is 99.5 Å². The maximum atomic E-state index is 12.9. The second-order valence-electron chi connectivity index (χ2n) is 9.40. The van der Waals surface area contributed by atoms with Gasteiger partial charge in [-0.15, -0.1) is 0 Å². The minimum Gasteiger partial charge on any atom is -0.322 e. The van der Waals surface area contributed by atoms with Crippen LogP contribution in [0.2, 0.25) is 0 Å². The average Bonchev–Trinajstić information content (AvgIpc) is 2.64. The molecule has 3 nitrogen and oxygen atoms in total. The van der Waals surface area contributed by atoms with Gasteiger partial charge in [-0.25, -0.2) is 0 Å². The highest BCUT2D eigenvalue weighted by atomic mass is 16.1. The number of aryl methyl sites for hydroxylation is 2. The standard InChI is InChI=1S/C24H28N2O/c1-15-3-4-16(2)21(7-15)26-23(27)20-5-6-25-22(11-20)24-12-17-8-18(13-24)10-19(9-17)14-24/h3-7,11,17-19H,8-10,12-14H2,1-2H3,(H,26,27). The first-order chi connectivity index (χ1) is 13.0. The smallest absolute Gasteiger partial charge is 0.255 e. The maximum Gasteiger partial charge on any atom is 0.255 e. The number of nitrogens with zero attached hydrogens (tertiary/aromatic N) is 1. The largest absolute Gasteiger partial charge is 0.322 e. The molecule has 4 aliphatic carbocycles. The molecule has 27 heavy (non-hydrogen) atoms. The summed E-state index contributed by atoms with van der Waals surface area (Å²) in [6.45, 7) is 4.08. The lowest BCUT2D eigenvalue weighted by molar-refractivity contribution is -0.00721. The van der Waals surface area contributed by atoms with Crippen molar-refractivity contribution in [3.63, 3.8) is 0 Å². The van der Waals surface area contributed by atoms with Crippen LogP contribution in [0.1, 0.15) is 65.7 Å². The Bertz CT molecular complexity index is 866. The fraction of sp³-hybridized carbons (Fsp3) is 0.500. The summed E-state index contributed by atoms with van der Waals surface area (Å²) >= 11 is 0. The van der Waals surface area contributed by atoms with E-state index in [-0.39, 0.29) is 11.3 Å². The van der Waals surface area contributed by atoms with E-state index in [1.807, 2.05) is 32.2 Å². The van der Waals surface area contributed by atoms with Crippen LogP contribution >= 0.6 is 0 Å². The van der Waals surface area contributed by atoms with Gasteiger partial charge in [-0.3, -0.25) is 9.78 Å². The summed E-state index contributed by atoms with van der Waals surface area (Å²) in [5, 5.41) is 3.10. The number of hydrogen-bond donors (Lipinski definition) is 1. The first kappa shape index (κ1) is 17.0. The summed E-state index contributed by atoms with van der Waals surface area (Å²) in [4.78, 5) is 17.7. The first-order valence-corrected chi connectivity index (χ1v) is 10.4. The lowest BCUT2D eigenvalue weighted by atomic mass is 9.48. The van der Waals surface area contributed by atoms with Gasteiger partial charge >= 0.3 is 0 Å². The Hall–Kier alpha value is -2.16. The van der Waals surface area contributed by atoms with E-state index in [1.165, 1.54) is 38.5 Å². The van der Waals surface area contributed by atoms with Gasteiger partial charge < -0.3 is 5.32 Å². The second-order valence-corrected chi connectivity index (χ2v) is 9.40. The lowest BCUT2D eigenvalue weighted by Crippen LogP contribution is -2.49. The molecule has 1 aromatic carbocycles. The SMILES string of the molecule is Cc1ccc(C)c(NC(=O)c2ccnc(C34CC5CC(CC(C5)C3)C4)c2)c1. The number of carbonyl (C=O) groups excluding carboxylic acids is 1. The Morgan fingerprint density at radius 1 is 1.00 bits per heavy atom. The van der Waals surface area contributed by atoms with Crippen LogP contribution in [0, 0.1) is 31.6 Å². The third-order valence-corrected chi connectivity index (χ3v) is 7.24. The van der Waals surface area contributed by atoms with Gasteiger partial charge in [0, 0.05) is 28.6 Å². The fourth-order valence-corrected chi connectivity index (χ4v) is 6.35. The number of carbonyl (C=O) groups is 1.